The van der Waals surface area contributed by atoms with Crippen LogP contribution in [0.25, 0.3) is 10.9 Å². The molecule has 0 amide bonds. The molecule has 1 N–H and O–H groups in total. The van der Waals surface area contributed by atoms with Crippen LogP contribution in [0.1, 0.15) is 5.56 Å². The van der Waals surface area contributed by atoms with E-state index in [1.807, 2.05) is 0 Å². The summed E-state index contributed by atoms with van der Waals surface area (Å²) in [5.74, 6) is 0.291. The van der Waals surface area contributed by atoms with E-state index in [1.165, 1.54) is 51.7 Å². The fourth-order valence-electron chi connectivity index (χ4n) is 3.49. The number of sulfonamides is 1. The van der Waals surface area contributed by atoms with E-state index in [9.17, 15) is 16.8 Å². The van der Waals surface area contributed by atoms with Gasteiger partial charge in [0.2, 0.25) is 17.7 Å². The Hall–Kier alpha value is -3.84. The zero-order valence-electron chi connectivity index (χ0n) is 19.2. The summed E-state index contributed by atoms with van der Waals surface area (Å²) >= 11 is 0. The molecule has 4 rings (SSSR count). The van der Waals surface area contributed by atoms with Crippen LogP contribution in [-0.2, 0) is 20.0 Å². The highest BCUT2D eigenvalue weighted by atomic mass is 32.2. The summed E-state index contributed by atoms with van der Waals surface area (Å²) in [6, 6.07) is 12.1. The number of aromatic nitrogens is 3. The lowest BCUT2D eigenvalue weighted by Crippen LogP contribution is -2.16. The van der Waals surface area contributed by atoms with Crippen molar-refractivity contribution in [3.63, 3.8) is 0 Å². The second kappa shape index (κ2) is 9.07. The van der Waals surface area contributed by atoms with Crippen LogP contribution in [0.15, 0.2) is 64.5 Å². The van der Waals surface area contributed by atoms with Crippen LogP contribution in [0, 0.1) is 6.92 Å². The van der Waals surface area contributed by atoms with Crippen molar-refractivity contribution in [1.82, 2.24) is 13.9 Å². The van der Waals surface area contributed by atoms with Gasteiger partial charge in [0, 0.05) is 17.6 Å². The lowest BCUT2D eigenvalue weighted by atomic mass is 10.2. The van der Waals surface area contributed by atoms with Crippen LogP contribution in [0.4, 0.5) is 5.95 Å². The molecule has 0 fully saturated rings. The molecule has 4 aromatic rings. The lowest BCUT2D eigenvalue weighted by molar-refractivity contribution is 0.367. The molecule has 0 bridgehead atoms. The molecule has 0 spiro atoms. The molecule has 0 atom stereocenters. The van der Waals surface area contributed by atoms with Crippen LogP contribution in [0.5, 0.6) is 17.5 Å². The Morgan fingerprint density at radius 3 is 2.06 bits per heavy atom. The second-order valence-corrected chi connectivity index (χ2v) is 10.8. The molecule has 0 aliphatic heterocycles. The highest BCUT2D eigenvalue weighted by Gasteiger charge is 2.28. The van der Waals surface area contributed by atoms with E-state index in [4.69, 9.17) is 14.2 Å². The number of rotatable bonds is 8. The van der Waals surface area contributed by atoms with Gasteiger partial charge in [-0.1, -0.05) is 18.2 Å². The summed E-state index contributed by atoms with van der Waals surface area (Å²) in [5, 5.41) is 0.156. The molecule has 0 unspecified atom stereocenters. The van der Waals surface area contributed by atoms with Crippen LogP contribution in [0.3, 0.4) is 0 Å². The van der Waals surface area contributed by atoms with Crippen LogP contribution >= 0.6 is 0 Å². The fourth-order valence-corrected chi connectivity index (χ4v) is 6.09. The summed E-state index contributed by atoms with van der Waals surface area (Å²) in [6.07, 6.45) is 1.04. The first kappa shape index (κ1) is 24.3. The third-order valence-electron chi connectivity index (χ3n) is 5.20. The maximum Gasteiger partial charge on any atom is 0.268 e. The van der Waals surface area contributed by atoms with Gasteiger partial charge in [0.15, 0.2) is 0 Å². The molecule has 0 aliphatic rings. The topological polar surface area (TPSA) is 139 Å². The second-order valence-electron chi connectivity index (χ2n) is 7.29. The summed E-state index contributed by atoms with van der Waals surface area (Å²) in [5.41, 5.74) is 0.601. The van der Waals surface area contributed by atoms with Crippen molar-refractivity contribution in [1.29, 1.82) is 0 Å². The Kier molecular flexibility index (Phi) is 6.30. The van der Waals surface area contributed by atoms with Gasteiger partial charge in [0.25, 0.3) is 20.0 Å². The van der Waals surface area contributed by atoms with Gasteiger partial charge >= 0.3 is 0 Å². The molecule has 2 heterocycles. The number of fused-ring (bicyclic) bond motifs is 1. The van der Waals surface area contributed by atoms with Gasteiger partial charge in [-0.3, -0.25) is 0 Å². The Morgan fingerprint density at radius 1 is 0.857 bits per heavy atom. The first-order chi connectivity index (χ1) is 16.6. The molecular formula is C22H22N4O7S2. The van der Waals surface area contributed by atoms with E-state index >= 15 is 0 Å². The predicted molar refractivity (Wildman–Crippen MR) is 128 cm³/mol. The summed E-state index contributed by atoms with van der Waals surface area (Å²) < 4.78 is 72.4. The van der Waals surface area contributed by atoms with Gasteiger partial charge in [-0.15, -0.1) is 0 Å². The third kappa shape index (κ3) is 4.35. The van der Waals surface area contributed by atoms with E-state index in [0.29, 0.717) is 11.3 Å². The minimum atomic E-state index is -4.36. The highest BCUT2D eigenvalue weighted by molar-refractivity contribution is 7.93. The van der Waals surface area contributed by atoms with Gasteiger partial charge in [0.1, 0.15) is 10.6 Å². The number of hydrogen-bond acceptors (Lipinski definition) is 9. The van der Waals surface area contributed by atoms with Crippen molar-refractivity contribution < 1.29 is 31.0 Å². The van der Waals surface area contributed by atoms with Gasteiger partial charge in [-0.05, 0) is 31.2 Å². The molecule has 184 valence electrons. The summed E-state index contributed by atoms with van der Waals surface area (Å²) in [7, 11) is -4.31. The molecule has 0 saturated carbocycles. The molecule has 0 saturated heterocycles. The average Bonchev–Trinajstić information content (AvgIpc) is 3.26. The fraction of sp³-hybridized carbons (Fsp3) is 0.182. The van der Waals surface area contributed by atoms with Gasteiger partial charge in [0.05, 0.1) is 37.3 Å². The zero-order valence-corrected chi connectivity index (χ0v) is 20.8. The van der Waals surface area contributed by atoms with Crippen LogP contribution < -0.4 is 18.9 Å². The van der Waals surface area contributed by atoms with Crippen LogP contribution in [0.2, 0.25) is 0 Å². The number of methoxy groups -OCH3 is 3. The first-order valence-electron chi connectivity index (χ1n) is 10.1. The summed E-state index contributed by atoms with van der Waals surface area (Å²) in [6.45, 7) is 1.66. The maximum atomic E-state index is 13.4. The monoisotopic (exact) mass is 518 g/mol. The maximum absolute atomic E-state index is 13.4. The molecule has 11 nitrogen and oxygen atoms in total. The van der Waals surface area contributed by atoms with Gasteiger partial charge in [-0.25, -0.2) is 25.5 Å². The molecule has 0 radical (unpaired) electrons. The molecule has 2 aromatic carbocycles. The van der Waals surface area contributed by atoms with Crippen molar-refractivity contribution in [2.24, 2.45) is 0 Å². The normalized spacial score (nSPS) is 11.9. The standard InChI is InChI=1S/C22H22N4O7S2/c1-14-20(32-3)23-22(24-21(14)33-4)25-34(27,28)19-13-26(18-12-15(31-2)10-11-17(18)19)35(29,30)16-8-6-5-7-9-16/h5-13H,1-4H3,(H,23,24,25). The summed E-state index contributed by atoms with van der Waals surface area (Å²) in [4.78, 5) is 7.84. The number of nitrogens with zero attached hydrogens (tertiary/aromatic N) is 3. The molecule has 35 heavy (non-hydrogen) atoms. The van der Waals surface area contributed by atoms with E-state index in [-0.39, 0.29) is 38.4 Å². The number of anilines is 1. The Morgan fingerprint density at radius 2 is 1.49 bits per heavy atom. The first-order valence-corrected chi connectivity index (χ1v) is 13.0. The van der Waals surface area contributed by atoms with Gasteiger partial charge < -0.3 is 14.2 Å². The van der Waals surface area contributed by atoms with Gasteiger partial charge in [-0.2, -0.15) is 9.97 Å². The van der Waals surface area contributed by atoms with E-state index in [1.54, 1.807) is 25.1 Å². The Bertz CT molecular complexity index is 1590. The lowest BCUT2D eigenvalue weighted by Gasteiger charge is -2.11. The van der Waals surface area contributed by atoms with Crippen molar-refractivity contribution in [2.45, 2.75) is 16.7 Å². The number of hydrogen-bond donors (Lipinski definition) is 1. The average molecular weight is 519 g/mol. The third-order valence-corrected chi connectivity index (χ3v) is 8.24. The van der Waals surface area contributed by atoms with Crippen LogP contribution in [-0.4, -0.2) is 52.1 Å². The smallest absolute Gasteiger partial charge is 0.268 e. The Labute approximate surface area is 202 Å². The number of benzene rings is 2. The number of nitrogens with one attached hydrogen (secondary N) is 1. The quantitative estimate of drug-likeness (QED) is 0.373. The molecular weight excluding hydrogens is 496 g/mol. The Balaban J connectivity index is 1.90. The molecule has 2 aromatic heterocycles. The van der Waals surface area contributed by atoms with Crippen molar-refractivity contribution >= 4 is 36.9 Å². The minimum Gasteiger partial charge on any atom is -0.497 e. The zero-order chi connectivity index (χ0) is 25.4. The predicted octanol–water partition coefficient (Wildman–Crippen LogP) is 2.80. The van der Waals surface area contributed by atoms with E-state index < -0.39 is 20.0 Å². The molecule has 0 aliphatic carbocycles. The van der Waals surface area contributed by atoms with Crippen molar-refractivity contribution in [2.75, 3.05) is 26.1 Å². The van der Waals surface area contributed by atoms with Crippen molar-refractivity contribution in [3.05, 3.63) is 60.3 Å². The SMILES string of the molecule is COc1ccc2c(S(=O)(=O)Nc3nc(OC)c(C)c(OC)n3)cn(S(=O)(=O)c3ccccc3)c2c1. The molecule has 13 heteroatoms. The number of ether oxygens (including phenoxy) is 3. The largest absolute Gasteiger partial charge is 0.497 e. The minimum absolute atomic E-state index is 0.00651. The van der Waals surface area contributed by atoms with E-state index in [2.05, 4.69) is 14.7 Å². The highest BCUT2D eigenvalue weighted by Crippen LogP contribution is 2.33. The van der Waals surface area contributed by atoms with Crippen molar-refractivity contribution in [3.8, 4) is 17.5 Å². The van der Waals surface area contributed by atoms with E-state index in [0.717, 1.165) is 10.2 Å².